The van der Waals surface area contributed by atoms with Crippen molar-refractivity contribution >= 4 is 44.4 Å². The summed E-state index contributed by atoms with van der Waals surface area (Å²) in [5.74, 6) is 0.198. The number of nitrogens with one attached hydrogen (secondary N) is 1. The number of non-ortho nitro benzene ring substituents is 1. The molecule has 110 valence electrons. The molecule has 2 rings (SSSR count). The molecule has 1 aromatic rings. The number of nitro groups is 1. The van der Waals surface area contributed by atoms with E-state index in [0.29, 0.717) is 18.5 Å². The fourth-order valence-corrected chi connectivity index (χ4v) is 4.36. The first-order valence-electron chi connectivity index (χ1n) is 5.89. The van der Waals surface area contributed by atoms with Crippen LogP contribution in [0, 0.1) is 10.1 Å². The summed E-state index contributed by atoms with van der Waals surface area (Å²) in [7, 11) is -3.06. The maximum atomic E-state index is 11.6. The summed E-state index contributed by atoms with van der Waals surface area (Å²) in [6.45, 7) is 0. The Balaban J connectivity index is 2.23. The molecule has 1 heterocycles. The molecule has 1 fully saturated rings. The van der Waals surface area contributed by atoms with Gasteiger partial charge in [0.25, 0.3) is 5.69 Å². The van der Waals surface area contributed by atoms with E-state index < -0.39 is 14.8 Å². The third kappa shape index (κ3) is 3.53. The second-order valence-electron chi connectivity index (χ2n) is 4.64. The van der Waals surface area contributed by atoms with Crippen molar-refractivity contribution in [3.8, 4) is 0 Å². The molecule has 0 aliphatic carbocycles. The van der Waals surface area contributed by atoms with Gasteiger partial charge >= 0.3 is 0 Å². The van der Waals surface area contributed by atoms with Gasteiger partial charge in [-0.1, -0.05) is 23.2 Å². The number of anilines is 1. The van der Waals surface area contributed by atoms with Gasteiger partial charge < -0.3 is 5.32 Å². The van der Waals surface area contributed by atoms with Gasteiger partial charge in [-0.25, -0.2) is 8.42 Å². The highest BCUT2D eigenvalue weighted by atomic mass is 35.5. The number of sulfone groups is 1. The van der Waals surface area contributed by atoms with Crippen LogP contribution >= 0.6 is 23.2 Å². The van der Waals surface area contributed by atoms with E-state index in [1.54, 1.807) is 0 Å². The van der Waals surface area contributed by atoms with Crippen LogP contribution in [-0.4, -0.2) is 30.9 Å². The lowest BCUT2D eigenvalue weighted by Crippen LogP contribution is -2.34. The predicted molar refractivity (Wildman–Crippen MR) is 78.4 cm³/mol. The number of hydrogen-bond acceptors (Lipinski definition) is 5. The quantitative estimate of drug-likeness (QED) is 0.676. The van der Waals surface area contributed by atoms with Crippen LogP contribution in [-0.2, 0) is 9.84 Å². The molecule has 0 aromatic heterocycles. The second kappa shape index (κ2) is 5.75. The van der Waals surface area contributed by atoms with Crippen molar-refractivity contribution in [3.63, 3.8) is 0 Å². The summed E-state index contributed by atoms with van der Waals surface area (Å²) < 4.78 is 23.1. The second-order valence-corrected chi connectivity index (χ2v) is 7.68. The summed E-state index contributed by atoms with van der Waals surface area (Å²) >= 11 is 11.9. The van der Waals surface area contributed by atoms with E-state index in [4.69, 9.17) is 23.2 Å². The zero-order chi connectivity index (χ0) is 14.9. The van der Waals surface area contributed by atoms with Crippen molar-refractivity contribution in [1.29, 1.82) is 0 Å². The summed E-state index contributed by atoms with van der Waals surface area (Å²) in [6.07, 6.45) is 1.26. The van der Waals surface area contributed by atoms with Gasteiger partial charge in [-0.3, -0.25) is 10.1 Å². The van der Waals surface area contributed by atoms with Gasteiger partial charge in [0.1, 0.15) is 0 Å². The first-order valence-corrected chi connectivity index (χ1v) is 8.46. The topological polar surface area (TPSA) is 89.3 Å². The van der Waals surface area contributed by atoms with Crippen molar-refractivity contribution in [1.82, 2.24) is 0 Å². The molecule has 1 aliphatic heterocycles. The zero-order valence-electron chi connectivity index (χ0n) is 10.3. The summed E-state index contributed by atoms with van der Waals surface area (Å²) in [5.41, 5.74) is 0.128. The maximum Gasteiger partial charge on any atom is 0.272 e. The SMILES string of the molecule is O=[N+]([O-])c1cc(Cl)c(NC2CCCS(=O)(=O)C2)c(Cl)c1. The largest absolute Gasteiger partial charge is 0.379 e. The van der Waals surface area contributed by atoms with E-state index in [1.807, 2.05) is 0 Å². The molecule has 0 spiro atoms. The fourth-order valence-electron chi connectivity index (χ4n) is 2.14. The highest BCUT2D eigenvalue weighted by molar-refractivity contribution is 7.91. The number of benzene rings is 1. The first-order chi connectivity index (χ1) is 9.28. The first kappa shape index (κ1) is 15.3. The highest BCUT2D eigenvalue weighted by Gasteiger charge is 2.26. The van der Waals surface area contributed by atoms with E-state index in [0.717, 1.165) is 0 Å². The van der Waals surface area contributed by atoms with Crippen molar-refractivity contribution in [2.45, 2.75) is 18.9 Å². The van der Waals surface area contributed by atoms with Crippen LogP contribution in [0.4, 0.5) is 11.4 Å². The van der Waals surface area contributed by atoms with Crippen LogP contribution in [0.1, 0.15) is 12.8 Å². The maximum absolute atomic E-state index is 11.6. The lowest BCUT2D eigenvalue weighted by atomic mass is 10.1. The Bertz CT molecular complexity index is 625. The molecule has 1 aliphatic rings. The van der Waals surface area contributed by atoms with Crippen molar-refractivity contribution in [2.24, 2.45) is 0 Å². The zero-order valence-corrected chi connectivity index (χ0v) is 12.6. The molecule has 1 unspecified atom stereocenters. The van der Waals surface area contributed by atoms with Gasteiger partial charge in [0.15, 0.2) is 9.84 Å². The number of rotatable bonds is 3. The molecule has 20 heavy (non-hydrogen) atoms. The molecule has 1 atom stereocenters. The third-order valence-corrected chi connectivity index (χ3v) is 5.47. The molecule has 0 bridgehead atoms. The Morgan fingerprint density at radius 2 is 1.90 bits per heavy atom. The van der Waals surface area contributed by atoms with E-state index >= 15 is 0 Å². The summed E-state index contributed by atoms with van der Waals surface area (Å²) in [5, 5.41) is 13.9. The summed E-state index contributed by atoms with van der Waals surface area (Å²) in [4.78, 5) is 10.1. The van der Waals surface area contributed by atoms with Crippen LogP contribution in [0.15, 0.2) is 12.1 Å². The molecule has 0 amide bonds. The highest BCUT2D eigenvalue weighted by Crippen LogP contribution is 2.35. The van der Waals surface area contributed by atoms with Gasteiger partial charge in [-0.2, -0.15) is 0 Å². The van der Waals surface area contributed by atoms with Gasteiger partial charge in [0.2, 0.25) is 0 Å². The minimum Gasteiger partial charge on any atom is -0.379 e. The van der Waals surface area contributed by atoms with Crippen molar-refractivity contribution in [2.75, 3.05) is 16.8 Å². The smallest absolute Gasteiger partial charge is 0.272 e. The Morgan fingerprint density at radius 3 is 2.40 bits per heavy atom. The predicted octanol–water partition coefficient (Wildman–Crippen LogP) is 2.89. The van der Waals surface area contributed by atoms with Crippen molar-refractivity contribution < 1.29 is 13.3 Å². The molecule has 1 N–H and O–H groups in total. The molecule has 6 nitrogen and oxygen atoms in total. The monoisotopic (exact) mass is 338 g/mol. The minimum atomic E-state index is -3.06. The molecule has 0 saturated carbocycles. The molecule has 1 saturated heterocycles. The van der Waals surface area contributed by atoms with Gasteiger partial charge in [-0.15, -0.1) is 0 Å². The van der Waals surface area contributed by atoms with Crippen LogP contribution < -0.4 is 5.32 Å². The van der Waals surface area contributed by atoms with Crippen molar-refractivity contribution in [3.05, 3.63) is 32.3 Å². The normalized spacial score (nSPS) is 21.4. The fraction of sp³-hybridized carbons (Fsp3) is 0.455. The Kier molecular flexibility index (Phi) is 4.41. The minimum absolute atomic E-state index is 0.0106. The number of hydrogen-bond donors (Lipinski definition) is 1. The van der Waals surface area contributed by atoms with Crippen LogP contribution in [0.25, 0.3) is 0 Å². The van der Waals surface area contributed by atoms with Gasteiger partial charge in [-0.05, 0) is 12.8 Å². The molecule has 9 heteroatoms. The molecule has 1 aromatic carbocycles. The average Bonchev–Trinajstić information content (AvgIpc) is 2.32. The van der Waals surface area contributed by atoms with Gasteiger partial charge in [0.05, 0.1) is 32.2 Å². The number of halogens is 2. The lowest BCUT2D eigenvalue weighted by molar-refractivity contribution is -0.384. The molecule has 0 radical (unpaired) electrons. The Morgan fingerprint density at radius 1 is 1.30 bits per heavy atom. The Labute approximate surface area is 126 Å². The van der Waals surface area contributed by atoms with Crippen LogP contribution in [0.2, 0.25) is 10.0 Å². The molecular weight excluding hydrogens is 327 g/mol. The van der Waals surface area contributed by atoms with E-state index in [2.05, 4.69) is 5.32 Å². The Hall–Kier alpha value is -1.05. The number of nitrogens with zero attached hydrogens (tertiary/aromatic N) is 1. The van der Waals surface area contributed by atoms with E-state index in [-0.39, 0.29) is 33.3 Å². The van der Waals surface area contributed by atoms with Gasteiger partial charge in [0, 0.05) is 18.2 Å². The standard InChI is InChI=1S/C11H12Cl2N2O4S/c12-9-4-8(15(16)17)5-10(13)11(9)14-7-2-1-3-20(18,19)6-7/h4-5,7,14H,1-3,6H2. The van der Waals surface area contributed by atoms with Crippen LogP contribution in [0.3, 0.4) is 0 Å². The van der Waals surface area contributed by atoms with E-state index in [9.17, 15) is 18.5 Å². The average molecular weight is 339 g/mol. The summed E-state index contributed by atoms with van der Waals surface area (Å²) in [6, 6.07) is 2.09. The van der Waals surface area contributed by atoms with E-state index in [1.165, 1.54) is 12.1 Å². The number of nitro benzene ring substituents is 1. The van der Waals surface area contributed by atoms with Crippen LogP contribution in [0.5, 0.6) is 0 Å². The molecular formula is C11H12Cl2N2O4S. The third-order valence-electron chi connectivity index (χ3n) is 3.05. The lowest BCUT2D eigenvalue weighted by Gasteiger charge is -2.24.